The minimum absolute atomic E-state index is 0.00997. The van der Waals surface area contributed by atoms with E-state index in [1.54, 1.807) is 0 Å². The first-order valence-corrected chi connectivity index (χ1v) is 7.31. The number of nitrogens with zero attached hydrogens (tertiary/aromatic N) is 3. The summed E-state index contributed by atoms with van der Waals surface area (Å²) in [6.45, 7) is 8.41. The van der Waals surface area contributed by atoms with Crippen LogP contribution < -0.4 is 15.8 Å². The minimum atomic E-state index is 0.00997. The van der Waals surface area contributed by atoms with Crippen LogP contribution in [0.15, 0.2) is 0 Å². The van der Waals surface area contributed by atoms with Crippen LogP contribution in [0.1, 0.15) is 53.4 Å². The van der Waals surface area contributed by atoms with Gasteiger partial charge in [0.05, 0.1) is 6.10 Å². The van der Waals surface area contributed by atoms with Crippen molar-refractivity contribution in [2.45, 2.75) is 65.5 Å². The van der Waals surface area contributed by atoms with Gasteiger partial charge in [0, 0.05) is 6.04 Å². The Morgan fingerprint density at radius 1 is 1.25 bits per heavy atom. The number of hydrogen-bond acceptors (Lipinski definition) is 6. The number of anilines is 2. The first-order chi connectivity index (χ1) is 9.37. The lowest BCUT2D eigenvalue weighted by Gasteiger charge is -2.39. The predicted molar refractivity (Wildman–Crippen MR) is 79.7 cm³/mol. The molecule has 0 spiro atoms. The van der Waals surface area contributed by atoms with Gasteiger partial charge in [-0.1, -0.05) is 26.7 Å². The first kappa shape index (κ1) is 14.8. The average molecular weight is 279 g/mol. The van der Waals surface area contributed by atoms with E-state index in [0.29, 0.717) is 12.0 Å². The van der Waals surface area contributed by atoms with E-state index >= 15 is 0 Å². The maximum absolute atomic E-state index is 5.73. The van der Waals surface area contributed by atoms with Crippen molar-refractivity contribution in [1.82, 2.24) is 15.0 Å². The van der Waals surface area contributed by atoms with Gasteiger partial charge in [0.1, 0.15) is 0 Å². The largest absolute Gasteiger partial charge is 0.461 e. The number of aromatic nitrogens is 3. The molecule has 3 N–H and O–H groups in total. The first-order valence-electron chi connectivity index (χ1n) is 7.31. The molecule has 1 heterocycles. The molecule has 1 aliphatic carbocycles. The van der Waals surface area contributed by atoms with Gasteiger partial charge in [-0.15, -0.1) is 0 Å². The molecule has 1 fully saturated rings. The fourth-order valence-electron chi connectivity index (χ4n) is 2.62. The van der Waals surface area contributed by atoms with E-state index < -0.39 is 0 Å². The van der Waals surface area contributed by atoms with E-state index in [1.807, 2.05) is 13.8 Å². The highest BCUT2D eigenvalue weighted by molar-refractivity contribution is 5.34. The summed E-state index contributed by atoms with van der Waals surface area (Å²) in [6.07, 6.45) is 4.86. The monoisotopic (exact) mass is 279 g/mol. The van der Waals surface area contributed by atoms with E-state index in [2.05, 4.69) is 34.1 Å². The van der Waals surface area contributed by atoms with Crippen molar-refractivity contribution in [2.75, 3.05) is 11.1 Å². The van der Waals surface area contributed by atoms with Crippen LogP contribution in [-0.4, -0.2) is 27.1 Å². The molecule has 1 aromatic rings. The van der Waals surface area contributed by atoms with Crippen molar-refractivity contribution in [3.63, 3.8) is 0 Å². The van der Waals surface area contributed by atoms with Gasteiger partial charge in [0.15, 0.2) is 0 Å². The van der Waals surface area contributed by atoms with E-state index in [-0.39, 0.29) is 23.5 Å². The Balaban J connectivity index is 2.14. The molecular formula is C14H25N5O. The van der Waals surface area contributed by atoms with Crippen LogP contribution in [0.3, 0.4) is 0 Å². The molecule has 0 amide bonds. The molecule has 1 aromatic heterocycles. The summed E-state index contributed by atoms with van der Waals surface area (Å²) >= 11 is 0. The molecule has 6 heteroatoms. The number of rotatable bonds is 4. The Kier molecular flexibility index (Phi) is 4.30. The SMILES string of the molecule is CC(C)Oc1nc(N)nc(NC2CCCCC2(C)C)n1. The highest BCUT2D eigenvalue weighted by Crippen LogP contribution is 2.36. The van der Waals surface area contributed by atoms with Gasteiger partial charge in [-0.05, 0) is 32.1 Å². The molecule has 0 aliphatic heterocycles. The molecule has 0 radical (unpaired) electrons. The van der Waals surface area contributed by atoms with E-state index in [4.69, 9.17) is 10.5 Å². The standard InChI is InChI=1S/C14H25N5O/c1-9(2)20-13-18-11(15)17-12(19-13)16-10-7-5-6-8-14(10,3)4/h9-10H,5-8H2,1-4H3,(H3,15,16,17,18,19). The van der Waals surface area contributed by atoms with Crippen LogP contribution in [0.5, 0.6) is 6.01 Å². The minimum Gasteiger partial charge on any atom is -0.461 e. The lowest BCUT2D eigenvalue weighted by molar-refractivity contribution is 0.213. The maximum Gasteiger partial charge on any atom is 0.323 e. The number of nitrogens with one attached hydrogen (secondary N) is 1. The zero-order valence-electron chi connectivity index (χ0n) is 12.8. The molecule has 0 bridgehead atoms. The topological polar surface area (TPSA) is 86.0 Å². The highest BCUT2D eigenvalue weighted by Gasteiger charge is 2.32. The Morgan fingerprint density at radius 2 is 2.00 bits per heavy atom. The summed E-state index contributed by atoms with van der Waals surface area (Å²) < 4.78 is 5.49. The van der Waals surface area contributed by atoms with Crippen LogP contribution in [0.2, 0.25) is 0 Å². The van der Waals surface area contributed by atoms with Gasteiger partial charge in [-0.25, -0.2) is 0 Å². The van der Waals surface area contributed by atoms with Crippen molar-refractivity contribution >= 4 is 11.9 Å². The zero-order chi connectivity index (χ0) is 14.8. The second-order valence-corrected chi connectivity index (χ2v) is 6.40. The summed E-state index contributed by atoms with van der Waals surface area (Å²) in [5.41, 5.74) is 5.96. The molecule has 0 saturated heterocycles. The highest BCUT2D eigenvalue weighted by atomic mass is 16.5. The molecular weight excluding hydrogens is 254 g/mol. The van der Waals surface area contributed by atoms with Gasteiger partial charge in [0.25, 0.3) is 0 Å². The Labute approximate surface area is 120 Å². The Hall–Kier alpha value is -1.59. The van der Waals surface area contributed by atoms with Gasteiger partial charge in [0.2, 0.25) is 11.9 Å². The summed E-state index contributed by atoms with van der Waals surface area (Å²) in [5.74, 6) is 0.694. The fourth-order valence-corrected chi connectivity index (χ4v) is 2.62. The van der Waals surface area contributed by atoms with Crippen molar-refractivity contribution in [3.05, 3.63) is 0 Å². The molecule has 0 aromatic carbocycles. The van der Waals surface area contributed by atoms with Crippen LogP contribution in [0, 0.1) is 5.41 Å². The Morgan fingerprint density at radius 3 is 2.65 bits per heavy atom. The van der Waals surface area contributed by atoms with Crippen LogP contribution >= 0.6 is 0 Å². The lowest BCUT2D eigenvalue weighted by atomic mass is 9.73. The van der Waals surface area contributed by atoms with Crippen molar-refractivity contribution in [3.8, 4) is 6.01 Å². The van der Waals surface area contributed by atoms with E-state index in [9.17, 15) is 0 Å². The molecule has 2 rings (SSSR count). The number of ether oxygens (including phenoxy) is 1. The van der Waals surface area contributed by atoms with Gasteiger partial charge in [-0.2, -0.15) is 15.0 Å². The fraction of sp³-hybridized carbons (Fsp3) is 0.786. The summed E-state index contributed by atoms with van der Waals surface area (Å²) in [4.78, 5) is 12.5. The van der Waals surface area contributed by atoms with E-state index in [1.165, 1.54) is 19.3 Å². The van der Waals surface area contributed by atoms with Crippen LogP contribution in [0.25, 0.3) is 0 Å². The Bertz CT molecular complexity index is 461. The normalized spacial score (nSPS) is 21.8. The quantitative estimate of drug-likeness (QED) is 0.881. The van der Waals surface area contributed by atoms with Crippen molar-refractivity contribution < 1.29 is 4.74 Å². The average Bonchev–Trinajstić information content (AvgIpc) is 2.30. The summed E-state index contributed by atoms with van der Waals surface area (Å²) in [5, 5.41) is 3.40. The van der Waals surface area contributed by atoms with Crippen LogP contribution in [0.4, 0.5) is 11.9 Å². The van der Waals surface area contributed by atoms with Crippen LogP contribution in [-0.2, 0) is 0 Å². The van der Waals surface area contributed by atoms with Gasteiger partial charge >= 0.3 is 6.01 Å². The third-order valence-electron chi connectivity index (χ3n) is 3.78. The zero-order valence-corrected chi connectivity index (χ0v) is 12.8. The molecule has 1 saturated carbocycles. The molecule has 20 heavy (non-hydrogen) atoms. The third kappa shape index (κ3) is 3.71. The van der Waals surface area contributed by atoms with Crippen molar-refractivity contribution in [1.29, 1.82) is 0 Å². The number of hydrogen-bond donors (Lipinski definition) is 2. The second-order valence-electron chi connectivity index (χ2n) is 6.40. The van der Waals surface area contributed by atoms with E-state index in [0.717, 1.165) is 6.42 Å². The lowest BCUT2D eigenvalue weighted by Crippen LogP contribution is -2.39. The van der Waals surface area contributed by atoms with Crippen molar-refractivity contribution in [2.24, 2.45) is 5.41 Å². The predicted octanol–water partition coefficient (Wildman–Crippen LogP) is 2.62. The summed E-state index contributed by atoms with van der Waals surface area (Å²) in [6, 6.07) is 0.633. The smallest absolute Gasteiger partial charge is 0.323 e. The number of nitrogens with two attached hydrogens (primary N) is 1. The molecule has 1 unspecified atom stereocenters. The molecule has 6 nitrogen and oxygen atoms in total. The molecule has 1 aliphatic rings. The van der Waals surface area contributed by atoms with Gasteiger partial charge < -0.3 is 15.8 Å². The van der Waals surface area contributed by atoms with Gasteiger partial charge in [-0.3, -0.25) is 0 Å². The number of nitrogen functional groups attached to an aromatic ring is 1. The maximum atomic E-state index is 5.73. The third-order valence-corrected chi connectivity index (χ3v) is 3.78. The molecule has 1 atom stereocenters. The molecule has 112 valence electrons. The second kappa shape index (κ2) is 5.81. The summed E-state index contributed by atoms with van der Waals surface area (Å²) in [7, 11) is 0.